The monoisotopic (exact) mass is 295 g/mol. The number of amides is 1. The fraction of sp³-hybridized carbons (Fsp3) is 0.211. The van der Waals surface area contributed by atoms with Crippen molar-refractivity contribution in [3.63, 3.8) is 0 Å². The molecule has 0 saturated heterocycles. The van der Waals surface area contributed by atoms with E-state index in [1.807, 2.05) is 61.5 Å². The van der Waals surface area contributed by atoms with Crippen LogP contribution in [0.25, 0.3) is 6.08 Å². The van der Waals surface area contributed by atoms with E-state index in [1.54, 1.807) is 19.3 Å². The number of rotatable bonds is 6. The van der Waals surface area contributed by atoms with Gasteiger partial charge in [-0.15, -0.1) is 0 Å². The first-order chi connectivity index (χ1) is 10.7. The molecule has 0 saturated carbocycles. The van der Waals surface area contributed by atoms with Crippen molar-refractivity contribution < 1.29 is 9.53 Å². The molecule has 1 atom stereocenters. The molecule has 0 radical (unpaired) electrons. The van der Waals surface area contributed by atoms with Gasteiger partial charge in [0, 0.05) is 19.7 Å². The van der Waals surface area contributed by atoms with Crippen LogP contribution in [0.1, 0.15) is 22.8 Å². The largest absolute Gasteiger partial charge is 0.375 e. The van der Waals surface area contributed by atoms with Gasteiger partial charge in [0.05, 0.1) is 6.10 Å². The van der Waals surface area contributed by atoms with Gasteiger partial charge in [0.1, 0.15) is 0 Å². The second-order valence-electron chi connectivity index (χ2n) is 5.07. The molecule has 0 unspecified atom stereocenters. The molecule has 0 aliphatic rings. The first-order valence-electron chi connectivity index (χ1n) is 7.30. The maximum absolute atomic E-state index is 11.9. The van der Waals surface area contributed by atoms with Crippen LogP contribution in [0.2, 0.25) is 0 Å². The van der Waals surface area contributed by atoms with Gasteiger partial charge in [-0.05, 0) is 29.7 Å². The predicted octanol–water partition coefficient (Wildman–Crippen LogP) is 3.51. The standard InChI is InChI=1S/C19H21NO2/c1-15-8-6-7-11-17(15)18(22-2)14-20-19(21)13-12-16-9-4-3-5-10-16/h3-13,18H,14H2,1-2H3,(H,20,21)/b13-12+/t18-/m1/s1. The minimum atomic E-state index is -0.143. The lowest BCUT2D eigenvalue weighted by atomic mass is 10.0. The van der Waals surface area contributed by atoms with Gasteiger partial charge >= 0.3 is 0 Å². The number of benzene rings is 2. The highest BCUT2D eigenvalue weighted by Gasteiger charge is 2.13. The van der Waals surface area contributed by atoms with Gasteiger partial charge in [-0.25, -0.2) is 0 Å². The lowest BCUT2D eigenvalue weighted by Gasteiger charge is -2.18. The molecule has 1 N–H and O–H groups in total. The van der Waals surface area contributed by atoms with Crippen LogP contribution in [0.15, 0.2) is 60.7 Å². The molecule has 0 bridgehead atoms. The van der Waals surface area contributed by atoms with E-state index in [-0.39, 0.29) is 12.0 Å². The molecule has 3 nitrogen and oxygen atoms in total. The van der Waals surface area contributed by atoms with Crippen LogP contribution in [0, 0.1) is 6.92 Å². The molecular formula is C19H21NO2. The SMILES string of the molecule is CO[C@H](CNC(=O)/C=C/c1ccccc1)c1ccccc1C. The summed E-state index contributed by atoms with van der Waals surface area (Å²) in [5.41, 5.74) is 3.25. The average Bonchev–Trinajstić information content (AvgIpc) is 2.56. The smallest absolute Gasteiger partial charge is 0.244 e. The van der Waals surface area contributed by atoms with E-state index < -0.39 is 0 Å². The van der Waals surface area contributed by atoms with Crippen LogP contribution in [0.4, 0.5) is 0 Å². The first kappa shape index (κ1) is 16.0. The number of nitrogens with one attached hydrogen (secondary N) is 1. The molecule has 114 valence electrons. The van der Waals surface area contributed by atoms with Crippen molar-refractivity contribution in [2.24, 2.45) is 0 Å². The summed E-state index contributed by atoms with van der Waals surface area (Å²) in [5, 5.41) is 2.88. The molecule has 0 aliphatic heterocycles. The van der Waals surface area contributed by atoms with Crippen molar-refractivity contribution >= 4 is 12.0 Å². The van der Waals surface area contributed by atoms with E-state index in [4.69, 9.17) is 4.74 Å². The van der Waals surface area contributed by atoms with Crippen molar-refractivity contribution in [1.82, 2.24) is 5.32 Å². The molecule has 3 heteroatoms. The van der Waals surface area contributed by atoms with Gasteiger partial charge in [0.25, 0.3) is 0 Å². The summed E-state index contributed by atoms with van der Waals surface area (Å²) in [4.78, 5) is 11.9. The van der Waals surface area contributed by atoms with Crippen molar-refractivity contribution in [1.29, 1.82) is 0 Å². The highest BCUT2D eigenvalue weighted by molar-refractivity contribution is 5.91. The molecule has 0 aromatic heterocycles. The molecule has 2 aromatic carbocycles. The van der Waals surface area contributed by atoms with Crippen LogP contribution in [-0.4, -0.2) is 19.6 Å². The third kappa shape index (κ3) is 4.57. The zero-order valence-corrected chi connectivity index (χ0v) is 13.0. The van der Waals surface area contributed by atoms with Gasteiger partial charge in [-0.3, -0.25) is 4.79 Å². The third-order valence-corrected chi connectivity index (χ3v) is 3.51. The van der Waals surface area contributed by atoms with E-state index in [0.29, 0.717) is 6.54 Å². The Labute approximate surface area is 131 Å². The zero-order chi connectivity index (χ0) is 15.8. The number of aryl methyl sites for hydroxylation is 1. The highest BCUT2D eigenvalue weighted by Crippen LogP contribution is 2.19. The number of methoxy groups -OCH3 is 1. The maximum atomic E-state index is 11.9. The van der Waals surface area contributed by atoms with E-state index in [2.05, 4.69) is 5.32 Å². The van der Waals surface area contributed by atoms with Gasteiger partial charge < -0.3 is 10.1 Å². The Balaban J connectivity index is 1.92. The summed E-state index contributed by atoms with van der Waals surface area (Å²) in [6.07, 6.45) is 3.19. The summed E-state index contributed by atoms with van der Waals surface area (Å²) in [6, 6.07) is 17.8. The topological polar surface area (TPSA) is 38.3 Å². The molecular weight excluding hydrogens is 274 g/mol. The van der Waals surface area contributed by atoms with E-state index in [1.165, 1.54) is 0 Å². The van der Waals surface area contributed by atoms with E-state index in [9.17, 15) is 4.79 Å². The summed E-state index contributed by atoms with van der Waals surface area (Å²) < 4.78 is 5.49. The number of hydrogen-bond acceptors (Lipinski definition) is 2. The molecule has 2 rings (SSSR count). The Kier molecular flexibility index (Phi) is 5.92. The summed E-state index contributed by atoms with van der Waals surface area (Å²) in [6.45, 7) is 2.48. The molecule has 1 amide bonds. The lowest BCUT2D eigenvalue weighted by Crippen LogP contribution is -2.27. The van der Waals surface area contributed by atoms with Crippen LogP contribution in [-0.2, 0) is 9.53 Å². The van der Waals surface area contributed by atoms with Crippen LogP contribution in [0.5, 0.6) is 0 Å². The van der Waals surface area contributed by atoms with Gasteiger partial charge in [-0.1, -0.05) is 54.6 Å². The molecule has 2 aromatic rings. The summed E-state index contributed by atoms with van der Waals surface area (Å²) in [7, 11) is 1.66. The minimum Gasteiger partial charge on any atom is -0.375 e. The van der Waals surface area contributed by atoms with Crippen LogP contribution >= 0.6 is 0 Å². The Bertz CT molecular complexity index is 635. The number of ether oxygens (including phenoxy) is 1. The second-order valence-corrected chi connectivity index (χ2v) is 5.07. The lowest BCUT2D eigenvalue weighted by molar-refractivity contribution is -0.117. The van der Waals surface area contributed by atoms with Crippen molar-refractivity contribution in [3.05, 3.63) is 77.4 Å². The summed E-state index contributed by atoms with van der Waals surface area (Å²) in [5.74, 6) is -0.125. The Morgan fingerprint density at radius 1 is 1.14 bits per heavy atom. The Hall–Kier alpha value is -2.39. The average molecular weight is 295 g/mol. The molecule has 0 heterocycles. The van der Waals surface area contributed by atoms with Gasteiger partial charge in [-0.2, -0.15) is 0 Å². The fourth-order valence-electron chi connectivity index (χ4n) is 2.26. The second kappa shape index (κ2) is 8.15. The molecule has 0 fully saturated rings. The third-order valence-electron chi connectivity index (χ3n) is 3.51. The number of hydrogen-bond donors (Lipinski definition) is 1. The normalized spacial score (nSPS) is 12.3. The zero-order valence-electron chi connectivity index (χ0n) is 13.0. The number of carbonyl (C=O) groups excluding carboxylic acids is 1. The quantitative estimate of drug-likeness (QED) is 0.828. The molecule has 0 spiro atoms. The van der Waals surface area contributed by atoms with E-state index >= 15 is 0 Å². The Morgan fingerprint density at radius 2 is 1.82 bits per heavy atom. The van der Waals surface area contributed by atoms with Crippen LogP contribution < -0.4 is 5.32 Å². The Morgan fingerprint density at radius 3 is 2.50 bits per heavy atom. The first-order valence-corrected chi connectivity index (χ1v) is 7.30. The predicted molar refractivity (Wildman–Crippen MR) is 89.4 cm³/mol. The van der Waals surface area contributed by atoms with Crippen molar-refractivity contribution in [2.75, 3.05) is 13.7 Å². The summed E-state index contributed by atoms with van der Waals surface area (Å²) >= 11 is 0. The van der Waals surface area contributed by atoms with Gasteiger partial charge in [0.15, 0.2) is 0 Å². The van der Waals surface area contributed by atoms with Crippen LogP contribution in [0.3, 0.4) is 0 Å². The molecule has 22 heavy (non-hydrogen) atoms. The maximum Gasteiger partial charge on any atom is 0.244 e. The van der Waals surface area contributed by atoms with Gasteiger partial charge in [0.2, 0.25) is 5.91 Å². The minimum absolute atomic E-state index is 0.125. The van der Waals surface area contributed by atoms with Crippen molar-refractivity contribution in [3.8, 4) is 0 Å². The highest BCUT2D eigenvalue weighted by atomic mass is 16.5. The molecule has 0 aliphatic carbocycles. The van der Waals surface area contributed by atoms with Crippen molar-refractivity contribution in [2.45, 2.75) is 13.0 Å². The number of carbonyl (C=O) groups is 1. The fourth-order valence-corrected chi connectivity index (χ4v) is 2.26. The van der Waals surface area contributed by atoms with E-state index in [0.717, 1.165) is 16.7 Å².